The molecule has 2 rings (SSSR count). The Balaban J connectivity index is 2.20. The van der Waals surface area contributed by atoms with E-state index in [0.29, 0.717) is 10.8 Å². The summed E-state index contributed by atoms with van der Waals surface area (Å²) >= 11 is 0. The molecular weight excluding hydrogens is 252 g/mol. The summed E-state index contributed by atoms with van der Waals surface area (Å²) in [4.78, 5) is 0. The smallest absolute Gasteiger partial charge is 0.0202 e. The molecule has 2 saturated carbocycles. The third-order valence-corrected chi connectivity index (χ3v) is 8.28. The van der Waals surface area contributed by atoms with Crippen LogP contribution in [0.2, 0.25) is 0 Å². The van der Waals surface area contributed by atoms with Crippen LogP contribution in [0.15, 0.2) is 0 Å². The Labute approximate surface area is 134 Å². The van der Waals surface area contributed by atoms with Crippen LogP contribution in [0.5, 0.6) is 0 Å². The van der Waals surface area contributed by atoms with E-state index in [-0.39, 0.29) is 0 Å². The lowest BCUT2D eigenvalue weighted by Gasteiger charge is -2.34. The van der Waals surface area contributed by atoms with Crippen LogP contribution in [0.25, 0.3) is 0 Å². The van der Waals surface area contributed by atoms with E-state index in [2.05, 4.69) is 55.4 Å². The Kier molecular flexibility index (Phi) is 4.87. The Morgan fingerprint density at radius 2 is 1.52 bits per heavy atom. The number of hydrogen-bond donors (Lipinski definition) is 0. The zero-order chi connectivity index (χ0) is 16.0. The molecule has 0 saturated heterocycles. The fraction of sp³-hybridized carbons (Fsp3) is 1.00. The highest BCUT2D eigenvalue weighted by atomic mass is 14.8. The van der Waals surface area contributed by atoms with Crippen molar-refractivity contribution in [3.05, 3.63) is 0 Å². The zero-order valence-corrected chi connectivity index (χ0v) is 16.0. The van der Waals surface area contributed by atoms with Gasteiger partial charge in [0.1, 0.15) is 0 Å². The summed E-state index contributed by atoms with van der Waals surface area (Å²) in [6.07, 6.45) is 7.12. The summed E-state index contributed by atoms with van der Waals surface area (Å²) in [6, 6.07) is 0. The molecule has 2 fully saturated rings. The van der Waals surface area contributed by atoms with Crippen molar-refractivity contribution in [2.45, 2.75) is 87.5 Å². The average Bonchev–Trinajstić information content (AvgIpc) is 3.32. The standard InChI is InChI=1S/C21H40/c1-9-15(6)17(10-2)16(7)19-18(11-3)20(19,8)21(12-13-21)14(4)5/h14-19H,9-13H2,1-8H3. The largest absolute Gasteiger partial charge is 0.0651 e. The first kappa shape index (κ1) is 17.4. The highest BCUT2D eigenvalue weighted by molar-refractivity contribution is 5.23. The molecule has 0 radical (unpaired) electrons. The van der Waals surface area contributed by atoms with Gasteiger partial charge in [0.25, 0.3) is 0 Å². The van der Waals surface area contributed by atoms with E-state index in [4.69, 9.17) is 0 Å². The van der Waals surface area contributed by atoms with Crippen molar-refractivity contribution in [1.29, 1.82) is 0 Å². The summed E-state index contributed by atoms with van der Waals surface area (Å²) in [5.41, 5.74) is 1.34. The average molecular weight is 293 g/mol. The van der Waals surface area contributed by atoms with Gasteiger partial charge in [-0.2, -0.15) is 0 Å². The van der Waals surface area contributed by atoms with Crippen molar-refractivity contribution in [2.75, 3.05) is 0 Å². The van der Waals surface area contributed by atoms with Gasteiger partial charge in [0.05, 0.1) is 0 Å². The summed E-state index contributed by atoms with van der Waals surface area (Å²) in [6.45, 7) is 19.9. The molecule has 0 heterocycles. The van der Waals surface area contributed by atoms with Crippen LogP contribution >= 0.6 is 0 Å². The maximum Gasteiger partial charge on any atom is -0.0202 e. The van der Waals surface area contributed by atoms with Crippen LogP contribution in [0.1, 0.15) is 87.5 Å². The van der Waals surface area contributed by atoms with Crippen molar-refractivity contribution in [2.24, 2.45) is 46.3 Å². The van der Waals surface area contributed by atoms with Gasteiger partial charge < -0.3 is 0 Å². The Morgan fingerprint density at radius 1 is 0.952 bits per heavy atom. The predicted molar refractivity (Wildman–Crippen MR) is 94.3 cm³/mol. The molecule has 21 heavy (non-hydrogen) atoms. The van der Waals surface area contributed by atoms with Crippen LogP contribution in [-0.2, 0) is 0 Å². The van der Waals surface area contributed by atoms with Crippen LogP contribution in [-0.4, -0.2) is 0 Å². The minimum atomic E-state index is 0.649. The topological polar surface area (TPSA) is 0 Å². The van der Waals surface area contributed by atoms with E-state index < -0.39 is 0 Å². The molecule has 0 N–H and O–H groups in total. The zero-order valence-electron chi connectivity index (χ0n) is 16.0. The summed E-state index contributed by atoms with van der Waals surface area (Å²) in [5.74, 6) is 5.59. The molecule has 6 atom stereocenters. The molecule has 0 aromatic rings. The van der Waals surface area contributed by atoms with Gasteiger partial charge in [-0.15, -0.1) is 0 Å². The molecule has 2 aliphatic rings. The van der Waals surface area contributed by atoms with Gasteiger partial charge in [0.2, 0.25) is 0 Å². The van der Waals surface area contributed by atoms with Crippen LogP contribution < -0.4 is 0 Å². The maximum atomic E-state index is 2.67. The quantitative estimate of drug-likeness (QED) is 0.462. The summed E-state index contributed by atoms with van der Waals surface area (Å²) in [7, 11) is 0. The van der Waals surface area contributed by atoms with E-state index in [1.807, 2.05) is 0 Å². The minimum Gasteiger partial charge on any atom is -0.0651 e. The van der Waals surface area contributed by atoms with Gasteiger partial charge in [0, 0.05) is 0 Å². The molecule has 0 nitrogen and oxygen atoms in total. The van der Waals surface area contributed by atoms with E-state index in [0.717, 1.165) is 35.5 Å². The van der Waals surface area contributed by atoms with Crippen LogP contribution in [0.3, 0.4) is 0 Å². The molecule has 0 amide bonds. The second kappa shape index (κ2) is 5.89. The molecule has 0 bridgehead atoms. The van der Waals surface area contributed by atoms with Gasteiger partial charge in [-0.25, -0.2) is 0 Å². The first-order valence-electron chi connectivity index (χ1n) is 9.81. The van der Waals surface area contributed by atoms with Gasteiger partial charge in [-0.3, -0.25) is 0 Å². The van der Waals surface area contributed by atoms with Gasteiger partial charge in [-0.05, 0) is 59.2 Å². The molecule has 2 aliphatic carbocycles. The fourth-order valence-electron chi connectivity index (χ4n) is 6.66. The Bertz CT molecular complexity index is 351. The van der Waals surface area contributed by atoms with E-state index >= 15 is 0 Å². The second-order valence-electron chi connectivity index (χ2n) is 8.95. The maximum absolute atomic E-state index is 2.67. The van der Waals surface area contributed by atoms with Gasteiger partial charge >= 0.3 is 0 Å². The first-order chi connectivity index (χ1) is 9.81. The highest BCUT2D eigenvalue weighted by Gasteiger charge is 2.75. The Morgan fingerprint density at radius 3 is 1.86 bits per heavy atom. The van der Waals surface area contributed by atoms with Crippen molar-refractivity contribution < 1.29 is 0 Å². The molecule has 0 aromatic carbocycles. The lowest BCUT2D eigenvalue weighted by Crippen LogP contribution is -2.28. The van der Waals surface area contributed by atoms with Crippen molar-refractivity contribution in [1.82, 2.24) is 0 Å². The SMILES string of the molecule is CCC(C)C(CC)C(C)C1C(CC)C1(C)C1(C(C)C)CC1. The molecule has 0 spiro atoms. The third kappa shape index (κ3) is 2.40. The second-order valence-corrected chi connectivity index (χ2v) is 8.95. The van der Waals surface area contributed by atoms with Crippen molar-refractivity contribution >= 4 is 0 Å². The van der Waals surface area contributed by atoms with E-state index in [1.165, 1.54) is 32.1 Å². The van der Waals surface area contributed by atoms with Gasteiger partial charge in [0.15, 0.2) is 0 Å². The number of hydrogen-bond acceptors (Lipinski definition) is 0. The normalized spacial score (nSPS) is 38.1. The molecule has 0 aromatic heterocycles. The molecular formula is C21H40. The van der Waals surface area contributed by atoms with Crippen LogP contribution in [0.4, 0.5) is 0 Å². The van der Waals surface area contributed by atoms with Crippen LogP contribution in [0, 0.1) is 46.3 Å². The highest BCUT2D eigenvalue weighted by Crippen LogP contribution is 2.81. The lowest BCUT2D eigenvalue weighted by atomic mass is 9.71. The Hall–Kier alpha value is 0. The third-order valence-electron chi connectivity index (χ3n) is 8.28. The predicted octanol–water partition coefficient (Wildman–Crippen LogP) is 6.79. The van der Waals surface area contributed by atoms with Crippen molar-refractivity contribution in [3.63, 3.8) is 0 Å². The number of rotatable bonds is 8. The molecule has 0 heteroatoms. The molecule has 124 valence electrons. The van der Waals surface area contributed by atoms with E-state index in [1.54, 1.807) is 0 Å². The first-order valence-corrected chi connectivity index (χ1v) is 9.81. The van der Waals surface area contributed by atoms with Gasteiger partial charge in [-0.1, -0.05) is 74.7 Å². The summed E-state index contributed by atoms with van der Waals surface area (Å²) in [5, 5.41) is 0. The minimum absolute atomic E-state index is 0.649. The lowest BCUT2D eigenvalue weighted by molar-refractivity contribution is 0.143. The van der Waals surface area contributed by atoms with Crippen molar-refractivity contribution in [3.8, 4) is 0 Å². The fourth-order valence-corrected chi connectivity index (χ4v) is 6.66. The molecule has 6 unspecified atom stereocenters. The van der Waals surface area contributed by atoms with E-state index in [9.17, 15) is 0 Å². The summed E-state index contributed by atoms with van der Waals surface area (Å²) < 4.78 is 0. The monoisotopic (exact) mass is 292 g/mol. The molecule has 0 aliphatic heterocycles.